The van der Waals surface area contributed by atoms with E-state index in [2.05, 4.69) is 11.9 Å². The molecule has 3 rings (SSSR count). The smallest absolute Gasteiger partial charge is 0.263 e. The van der Waals surface area contributed by atoms with Gasteiger partial charge in [-0.15, -0.1) is 11.3 Å². The highest BCUT2D eigenvalue weighted by Crippen LogP contribution is 2.33. The van der Waals surface area contributed by atoms with Crippen LogP contribution in [0, 0.1) is 5.41 Å². The Hall–Kier alpha value is -0.910. The number of amides is 1. The lowest BCUT2D eigenvalue weighted by Gasteiger charge is -2.43. The van der Waals surface area contributed by atoms with Crippen LogP contribution < -0.4 is 0 Å². The minimum absolute atomic E-state index is 0.121. The summed E-state index contributed by atoms with van der Waals surface area (Å²) in [4.78, 5) is 17.8. The zero-order valence-corrected chi connectivity index (χ0v) is 12.8. The largest absolute Gasteiger partial charge is 0.379 e. The van der Waals surface area contributed by atoms with Gasteiger partial charge in [0.05, 0.1) is 18.1 Å². The molecule has 0 saturated carbocycles. The van der Waals surface area contributed by atoms with Crippen LogP contribution in [0.25, 0.3) is 0 Å². The van der Waals surface area contributed by atoms with Crippen molar-refractivity contribution in [3.05, 3.63) is 22.4 Å². The Bertz CT molecular complexity index is 462. The van der Waals surface area contributed by atoms with Crippen molar-refractivity contribution in [2.24, 2.45) is 5.41 Å². The van der Waals surface area contributed by atoms with Crippen LogP contribution in [-0.2, 0) is 4.74 Å². The first-order chi connectivity index (χ1) is 9.69. The molecule has 0 bridgehead atoms. The predicted octanol–water partition coefficient (Wildman–Crippen LogP) is 1.93. The van der Waals surface area contributed by atoms with Gasteiger partial charge in [0.25, 0.3) is 5.91 Å². The van der Waals surface area contributed by atoms with Crippen molar-refractivity contribution in [3.63, 3.8) is 0 Å². The number of hydrogen-bond acceptors (Lipinski definition) is 4. The maximum absolute atomic E-state index is 12.5. The second-order valence-corrected chi connectivity index (χ2v) is 7.05. The van der Waals surface area contributed by atoms with Crippen molar-refractivity contribution in [1.82, 2.24) is 9.80 Å². The fourth-order valence-corrected chi connectivity index (χ4v) is 4.08. The van der Waals surface area contributed by atoms with Crippen molar-refractivity contribution in [1.29, 1.82) is 0 Å². The summed E-state index contributed by atoms with van der Waals surface area (Å²) < 4.78 is 5.80. The molecule has 4 nitrogen and oxygen atoms in total. The van der Waals surface area contributed by atoms with E-state index < -0.39 is 0 Å². The highest BCUT2D eigenvalue weighted by Gasteiger charge is 2.39. The number of ether oxygens (including phenoxy) is 1. The summed E-state index contributed by atoms with van der Waals surface area (Å²) in [5, 5.41) is 1.97. The molecule has 1 aromatic rings. The Balaban J connectivity index is 1.74. The number of carbonyl (C=O) groups is 1. The lowest BCUT2D eigenvalue weighted by atomic mass is 9.80. The van der Waals surface area contributed by atoms with E-state index in [4.69, 9.17) is 4.74 Å². The van der Waals surface area contributed by atoms with E-state index in [1.165, 1.54) is 11.3 Å². The number of nitrogens with zero attached hydrogens (tertiary/aromatic N) is 2. The van der Waals surface area contributed by atoms with Gasteiger partial charge in [-0.3, -0.25) is 4.79 Å². The van der Waals surface area contributed by atoms with Gasteiger partial charge in [0.2, 0.25) is 0 Å². The molecule has 3 heterocycles. The Morgan fingerprint density at radius 1 is 1.40 bits per heavy atom. The monoisotopic (exact) mass is 294 g/mol. The van der Waals surface area contributed by atoms with E-state index in [0.717, 1.165) is 57.1 Å². The molecule has 1 aromatic heterocycles. The highest BCUT2D eigenvalue weighted by atomic mass is 32.1. The van der Waals surface area contributed by atoms with Gasteiger partial charge in [0.15, 0.2) is 0 Å². The summed E-state index contributed by atoms with van der Waals surface area (Å²) in [6.45, 7) is 5.31. The number of thiophene rings is 1. The summed E-state index contributed by atoms with van der Waals surface area (Å²) in [6.07, 6.45) is 2.24. The first kappa shape index (κ1) is 14.0. The molecule has 1 spiro atoms. The molecule has 1 amide bonds. The van der Waals surface area contributed by atoms with E-state index in [-0.39, 0.29) is 11.3 Å². The molecule has 0 N–H and O–H groups in total. The van der Waals surface area contributed by atoms with Gasteiger partial charge in [-0.1, -0.05) is 6.07 Å². The average Bonchev–Trinajstić information content (AvgIpc) is 2.91. The fourth-order valence-electron chi connectivity index (χ4n) is 3.39. The number of likely N-dealkylation sites (tertiary alicyclic amines) is 1. The third-order valence-electron chi connectivity index (χ3n) is 4.31. The first-order valence-corrected chi connectivity index (χ1v) is 8.16. The van der Waals surface area contributed by atoms with Gasteiger partial charge in [-0.25, -0.2) is 0 Å². The molecule has 0 unspecified atom stereocenters. The molecular formula is C15H22N2O2S. The predicted molar refractivity (Wildman–Crippen MR) is 80.2 cm³/mol. The lowest BCUT2D eigenvalue weighted by molar-refractivity contribution is 0.00881. The van der Waals surface area contributed by atoms with Gasteiger partial charge in [0, 0.05) is 31.6 Å². The average molecular weight is 294 g/mol. The van der Waals surface area contributed by atoms with Crippen LogP contribution >= 0.6 is 11.3 Å². The van der Waals surface area contributed by atoms with E-state index in [9.17, 15) is 4.79 Å². The van der Waals surface area contributed by atoms with Crippen LogP contribution in [0.4, 0.5) is 0 Å². The molecule has 0 aromatic carbocycles. The molecule has 2 saturated heterocycles. The first-order valence-electron chi connectivity index (χ1n) is 7.28. The van der Waals surface area contributed by atoms with Crippen molar-refractivity contribution in [2.75, 3.05) is 46.4 Å². The summed E-state index contributed by atoms with van der Waals surface area (Å²) >= 11 is 1.53. The molecule has 2 aliphatic heterocycles. The fraction of sp³-hybridized carbons (Fsp3) is 0.667. The highest BCUT2D eigenvalue weighted by molar-refractivity contribution is 7.12. The summed E-state index contributed by atoms with van der Waals surface area (Å²) in [5.74, 6) is 0.186. The lowest BCUT2D eigenvalue weighted by Crippen LogP contribution is -2.51. The van der Waals surface area contributed by atoms with E-state index in [0.29, 0.717) is 0 Å². The zero-order chi connectivity index (χ0) is 14.0. The molecule has 0 aliphatic carbocycles. The topological polar surface area (TPSA) is 32.8 Å². The van der Waals surface area contributed by atoms with Crippen LogP contribution in [0.5, 0.6) is 0 Å². The Kier molecular flexibility index (Phi) is 4.10. The van der Waals surface area contributed by atoms with E-state index in [1.807, 2.05) is 22.4 Å². The number of likely N-dealkylation sites (N-methyl/N-ethyl adjacent to an activating group) is 1. The number of piperidine rings is 1. The van der Waals surface area contributed by atoms with E-state index >= 15 is 0 Å². The van der Waals surface area contributed by atoms with Gasteiger partial charge >= 0.3 is 0 Å². The maximum Gasteiger partial charge on any atom is 0.263 e. The van der Waals surface area contributed by atoms with Crippen molar-refractivity contribution >= 4 is 17.2 Å². The molecule has 20 heavy (non-hydrogen) atoms. The van der Waals surface area contributed by atoms with Crippen LogP contribution in [0.3, 0.4) is 0 Å². The minimum Gasteiger partial charge on any atom is -0.379 e. The Labute approximate surface area is 124 Å². The summed E-state index contributed by atoms with van der Waals surface area (Å²) in [7, 11) is 2.15. The van der Waals surface area contributed by atoms with E-state index in [1.54, 1.807) is 0 Å². The number of carbonyl (C=O) groups excluding carboxylic acids is 1. The minimum atomic E-state index is 0.121. The molecule has 110 valence electrons. The van der Waals surface area contributed by atoms with Crippen molar-refractivity contribution in [2.45, 2.75) is 12.8 Å². The maximum atomic E-state index is 12.5. The van der Waals surface area contributed by atoms with Gasteiger partial charge in [0.1, 0.15) is 0 Å². The molecular weight excluding hydrogens is 272 g/mol. The standard InChI is InChI=1S/C15H22N2O2S/c1-16-7-8-19-12-15(10-16)5-3-6-17(11-15)14(18)13-4-2-9-20-13/h2,4,9H,3,5-8,10-12H2,1H3/t15-/m1/s1. The van der Waals surface area contributed by atoms with Crippen molar-refractivity contribution < 1.29 is 9.53 Å². The SMILES string of the molecule is CN1CCOC[C@]2(CCCN(C(=O)c3cccs3)C2)C1. The number of hydrogen-bond donors (Lipinski definition) is 0. The van der Waals surface area contributed by atoms with Gasteiger partial charge < -0.3 is 14.5 Å². The van der Waals surface area contributed by atoms with Crippen LogP contribution in [-0.4, -0.2) is 62.1 Å². The third kappa shape index (κ3) is 2.90. The summed E-state index contributed by atoms with van der Waals surface area (Å²) in [6, 6.07) is 3.87. The zero-order valence-electron chi connectivity index (χ0n) is 12.0. The van der Waals surface area contributed by atoms with Crippen LogP contribution in [0.15, 0.2) is 17.5 Å². The second-order valence-electron chi connectivity index (χ2n) is 6.10. The Morgan fingerprint density at radius 2 is 2.30 bits per heavy atom. The molecule has 0 radical (unpaired) electrons. The third-order valence-corrected chi connectivity index (χ3v) is 5.17. The summed E-state index contributed by atoms with van der Waals surface area (Å²) in [5.41, 5.74) is 0.121. The van der Waals surface area contributed by atoms with Crippen LogP contribution in [0.1, 0.15) is 22.5 Å². The quantitative estimate of drug-likeness (QED) is 0.793. The van der Waals surface area contributed by atoms with Gasteiger partial charge in [-0.05, 0) is 31.3 Å². The normalized spacial score (nSPS) is 28.6. The number of rotatable bonds is 1. The molecule has 1 atom stereocenters. The van der Waals surface area contributed by atoms with Crippen molar-refractivity contribution in [3.8, 4) is 0 Å². The molecule has 5 heteroatoms. The Morgan fingerprint density at radius 3 is 3.10 bits per heavy atom. The second kappa shape index (κ2) is 5.84. The molecule has 2 fully saturated rings. The van der Waals surface area contributed by atoms with Crippen LogP contribution in [0.2, 0.25) is 0 Å². The molecule has 2 aliphatic rings. The van der Waals surface area contributed by atoms with Gasteiger partial charge in [-0.2, -0.15) is 0 Å².